The molecule has 0 aliphatic rings. The number of hydrogen-bond donors (Lipinski definition) is 1. The van der Waals surface area contributed by atoms with Crippen LogP contribution in [0.1, 0.15) is 5.56 Å². The van der Waals surface area contributed by atoms with Gasteiger partial charge in [0, 0.05) is 6.54 Å². The first-order valence-corrected chi connectivity index (χ1v) is 3.93. The lowest BCUT2D eigenvalue weighted by Crippen LogP contribution is -2.11. The summed E-state index contributed by atoms with van der Waals surface area (Å²) >= 11 is 5.52. The molecule has 1 N–H and O–H groups in total. The lowest BCUT2D eigenvalue weighted by atomic mass is 10.2. The smallest absolute Gasteiger partial charge is 0.177 e. The number of rotatable bonds is 3. The number of hydrogen-bond acceptors (Lipinski definition) is 2. The van der Waals surface area contributed by atoms with Gasteiger partial charge in [0.25, 0.3) is 0 Å². The van der Waals surface area contributed by atoms with Crippen LogP contribution >= 0.6 is 11.6 Å². The zero-order valence-corrected chi connectivity index (χ0v) is 7.66. The third kappa shape index (κ3) is 2.37. The third-order valence-electron chi connectivity index (χ3n) is 1.52. The van der Waals surface area contributed by atoms with Crippen molar-refractivity contribution in [3.05, 3.63) is 34.4 Å². The zero-order chi connectivity index (χ0) is 9.84. The fraction of sp³-hybridized carbons (Fsp3) is 0.250. The first-order valence-electron chi connectivity index (χ1n) is 3.55. The molecule has 5 heteroatoms. The van der Waals surface area contributed by atoms with Gasteiger partial charge in [0.1, 0.15) is 0 Å². The predicted molar refractivity (Wildman–Crippen MR) is 45.2 cm³/mol. The molecule has 0 aromatic heterocycles. The Bertz CT molecular complexity index is 306. The maximum absolute atomic E-state index is 12.8. The monoisotopic (exact) mass is 207 g/mol. The average Bonchev–Trinajstić information content (AvgIpc) is 2.13. The quantitative estimate of drug-likeness (QED) is 0.607. The van der Waals surface area contributed by atoms with E-state index in [0.717, 1.165) is 6.07 Å². The van der Waals surface area contributed by atoms with Gasteiger partial charge in [0.15, 0.2) is 11.6 Å². The predicted octanol–water partition coefficient (Wildman–Crippen LogP) is 2.27. The Hall–Kier alpha value is -0.710. The molecule has 0 spiro atoms. The standard InChI is InChI=1S/C8H8ClF2NO/c1-13-12-4-5-2-3-6(10)8(11)7(5)9/h2-3,12H,4H2,1H3. The Labute approximate surface area is 79.4 Å². The number of nitrogens with one attached hydrogen (secondary N) is 1. The van der Waals surface area contributed by atoms with Gasteiger partial charge < -0.3 is 4.84 Å². The molecule has 0 radical (unpaired) electrons. The van der Waals surface area contributed by atoms with Crippen LogP contribution in [-0.2, 0) is 11.4 Å². The molecule has 0 atom stereocenters. The molecule has 13 heavy (non-hydrogen) atoms. The summed E-state index contributed by atoms with van der Waals surface area (Å²) in [5.74, 6) is -1.98. The molecule has 0 aliphatic carbocycles. The van der Waals surface area contributed by atoms with Crippen molar-refractivity contribution < 1.29 is 13.6 Å². The highest BCUT2D eigenvalue weighted by Gasteiger charge is 2.10. The van der Waals surface area contributed by atoms with Gasteiger partial charge in [-0.05, 0) is 11.6 Å². The lowest BCUT2D eigenvalue weighted by Gasteiger charge is -2.05. The van der Waals surface area contributed by atoms with Crippen LogP contribution in [0.3, 0.4) is 0 Å². The minimum absolute atomic E-state index is 0.218. The molecule has 1 rings (SSSR count). The van der Waals surface area contributed by atoms with Crippen LogP contribution < -0.4 is 5.48 Å². The van der Waals surface area contributed by atoms with Gasteiger partial charge in [0.2, 0.25) is 0 Å². The largest absolute Gasteiger partial charge is 0.305 e. The second-order valence-electron chi connectivity index (χ2n) is 2.36. The minimum Gasteiger partial charge on any atom is -0.305 e. The Morgan fingerprint density at radius 3 is 2.77 bits per heavy atom. The zero-order valence-electron chi connectivity index (χ0n) is 6.90. The molecule has 0 aliphatic heterocycles. The SMILES string of the molecule is CONCc1ccc(F)c(F)c1Cl. The summed E-state index contributed by atoms with van der Waals surface area (Å²) in [6.07, 6.45) is 0. The van der Waals surface area contributed by atoms with Crippen molar-refractivity contribution in [2.45, 2.75) is 6.54 Å². The summed E-state index contributed by atoms with van der Waals surface area (Å²) in [6.45, 7) is 0.229. The highest BCUT2D eigenvalue weighted by molar-refractivity contribution is 6.31. The summed E-state index contributed by atoms with van der Waals surface area (Å²) < 4.78 is 25.4. The van der Waals surface area contributed by atoms with Crippen LogP contribution in [-0.4, -0.2) is 7.11 Å². The summed E-state index contributed by atoms with van der Waals surface area (Å²) in [7, 11) is 1.42. The molecule has 0 unspecified atom stereocenters. The van der Waals surface area contributed by atoms with Crippen molar-refractivity contribution in [3.8, 4) is 0 Å². The molecule has 1 aromatic carbocycles. The van der Waals surface area contributed by atoms with Crippen LogP contribution in [0.5, 0.6) is 0 Å². The fourth-order valence-corrected chi connectivity index (χ4v) is 1.07. The first kappa shape index (κ1) is 10.4. The van der Waals surface area contributed by atoms with Crippen LogP contribution in [0.4, 0.5) is 8.78 Å². The van der Waals surface area contributed by atoms with Crippen molar-refractivity contribution in [1.29, 1.82) is 0 Å². The minimum atomic E-state index is -1.03. The normalized spacial score (nSPS) is 10.5. The van der Waals surface area contributed by atoms with Gasteiger partial charge in [-0.2, -0.15) is 5.48 Å². The van der Waals surface area contributed by atoms with E-state index in [2.05, 4.69) is 10.3 Å². The molecule has 0 saturated heterocycles. The van der Waals surface area contributed by atoms with Crippen LogP contribution in [0.25, 0.3) is 0 Å². The lowest BCUT2D eigenvalue weighted by molar-refractivity contribution is 0.0866. The molecule has 2 nitrogen and oxygen atoms in total. The maximum atomic E-state index is 12.8. The van der Waals surface area contributed by atoms with Crippen molar-refractivity contribution in [1.82, 2.24) is 5.48 Å². The van der Waals surface area contributed by atoms with E-state index >= 15 is 0 Å². The maximum Gasteiger partial charge on any atom is 0.177 e. The van der Waals surface area contributed by atoms with E-state index in [9.17, 15) is 8.78 Å². The van der Waals surface area contributed by atoms with Crippen LogP contribution in [0, 0.1) is 11.6 Å². The van der Waals surface area contributed by atoms with Gasteiger partial charge in [-0.15, -0.1) is 0 Å². The highest BCUT2D eigenvalue weighted by Crippen LogP contribution is 2.21. The van der Waals surface area contributed by atoms with E-state index in [4.69, 9.17) is 11.6 Å². The number of halogens is 3. The Morgan fingerprint density at radius 1 is 1.46 bits per heavy atom. The van der Waals surface area contributed by atoms with E-state index in [1.807, 2.05) is 0 Å². The second kappa shape index (κ2) is 4.50. The molecule has 0 saturated carbocycles. The van der Waals surface area contributed by atoms with Crippen LogP contribution in [0.15, 0.2) is 12.1 Å². The molecule has 1 aromatic rings. The van der Waals surface area contributed by atoms with Gasteiger partial charge in [0.05, 0.1) is 12.1 Å². The highest BCUT2D eigenvalue weighted by atomic mass is 35.5. The number of benzene rings is 1. The van der Waals surface area contributed by atoms with Crippen molar-refractivity contribution in [3.63, 3.8) is 0 Å². The van der Waals surface area contributed by atoms with Gasteiger partial charge in [-0.1, -0.05) is 17.7 Å². The second-order valence-corrected chi connectivity index (χ2v) is 2.74. The summed E-state index contributed by atoms with van der Waals surface area (Å²) in [5, 5.41) is -0.218. The number of hydroxylamine groups is 1. The summed E-state index contributed by atoms with van der Waals surface area (Å²) in [4.78, 5) is 4.55. The topological polar surface area (TPSA) is 21.3 Å². The summed E-state index contributed by atoms with van der Waals surface area (Å²) in [5.41, 5.74) is 2.93. The fourth-order valence-electron chi connectivity index (χ4n) is 0.852. The Morgan fingerprint density at radius 2 is 2.15 bits per heavy atom. The van der Waals surface area contributed by atoms with Crippen molar-refractivity contribution in [2.24, 2.45) is 0 Å². The third-order valence-corrected chi connectivity index (χ3v) is 1.93. The van der Waals surface area contributed by atoms with Gasteiger partial charge in [-0.25, -0.2) is 8.78 Å². The van der Waals surface area contributed by atoms with E-state index < -0.39 is 11.6 Å². The van der Waals surface area contributed by atoms with E-state index in [-0.39, 0.29) is 11.6 Å². The first-order chi connectivity index (χ1) is 6.16. The van der Waals surface area contributed by atoms with E-state index in [0.29, 0.717) is 5.56 Å². The molecule has 0 fully saturated rings. The molecule has 0 amide bonds. The van der Waals surface area contributed by atoms with Gasteiger partial charge in [-0.3, -0.25) is 0 Å². The molecule has 0 bridgehead atoms. The van der Waals surface area contributed by atoms with Crippen molar-refractivity contribution in [2.75, 3.05) is 7.11 Å². The summed E-state index contributed by atoms with van der Waals surface area (Å²) in [6, 6.07) is 2.42. The molecule has 72 valence electrons. The molecular formula is C8H8ClF2NO. The van der Waals surface area contributed by atoms with E-state index in [1.54, 1.807) is 0 Å². The van der Waals surface area contributed by atoms with Crippen LogP contribution in [0.2, 0.25) is 5.02 Å². The van der Waals surface area contributed by atoms with Crippen molar-refractivity contribution >= 4 is 11.6 Å². The average molecular weight is 208 g/mol. The molecular weight excluding hydrogens is 200 g/mol. The molecule has 0 heterocycles. The Balaban J connectivity index is 2.90. The van der Waals surface area contributed by atoms with E-state index in [1.165, 1.54) is 13.2 Å². The Kier molecular flexibility index (Phi) is 3.59. The van der Waals surface area contributed by atoms with Gasteiger partial charge >= 0.3 is 0 Å².